The predicted octanol–water partition coefficient (Wildman–Crippen LogP) is 6.15. The van der Waals surface area contributed by atoms with Crippen LogP contribution in [0.25, 0.3) is 16.9 Å². The molecule has 1 N–H and O–H groups in total. The summed E-state index contributed by atoms with van der Waals surface area (Å²) in [5.41, 5.74) is 1.63. The minimum atomic E-state index is -4.50. The second kappa shape index (κ2) is 11.6. The largest absolute Gasteiger partial charge is 0.416 e. The Kier molecular flexibility index (Phi) is 8.45. The lowest BCUT2D eigenvalue weighted by Gasteiger charge is -2.23. The van der Waals surface area contributed by atoms with Gasteiger partial charge in [0.15, 0.2) is 0 Å². The Balaban J connectivity index is 1.66. The minimum absolute atomic E-state index is 0.0424. The van der Waals surface area contributed by atoms with Crippen LogP contribution in [0.5, 0.6) is 0 Å². The van der Waals surface area contributed by atoms with Gasteiger partial charge >= 0.3 is 6.18 Å². The summed E-state index contributed by atoms with van der Waals surface area (Å²) in [7, 11) is -3.98. The summed E-state index contributed by atoms with van der Waals surface area (Å²) in [4.78, 5) is 17.8. The number of halogens is 3. The highest BCUT2D eigenvalue weighted by atomic mass is 32.2. The normalized spacial score (nSPS) is 12.2. The van der Waals surface area contributed by atoms with Crippen LogP contribution < -0.4 is 5.32 Å². The van der Waals surface area contributed by atoms with Crippen LogP contribution in [-0.4, -0.2) is 41.3 Å². The SMILES string of the molecule is Cc1ccc(S(=O)(=O)N(CC(=O)Nc2nc(-c3ccccc3)cn2-c2ccc(C(F)(F)F)cc2)CC(C)C)cc1. The molecule has 7 nitrogen and oxygen atoms in total. The fourth-order valence-corrected chi connectivity index (χ4v) is 5.62. The molecule has 0 bridgehead atoms. The third-order valence-corrected chi connectivity index (χ3v) is 7.87. The van der Waals surface area contributed by atoms with Gasteiger partial charge in [0.1, 0.15) is 0 Å². The standard InChI is InChI=1S/C29H29F3N4O3S/c1-20(2)17-35(40(38,39)25-15-9-21(3)10-16-25)19-27(37)34-28-33-26(22-7-5-4-6-8-22)18-36(28)24-13-11-23(12-14-24)29(30,31)32/h4-16,18,20H,17,19H2,1-3H3,(H,33,34,37). The lowest BCUT2D eigenvalue weighted by atomic mass is 10.2. The van der Waals surface area contributed by atoms with Crippen molar-refractivity contribution in [1.29, 1.82) is 0 Å². The number of nitrogens with zero attached hydrogens (tertiary/aromatic N) is 3. The van der Waals surface area contributed by atoms with E-state index in [-0.39, 0.29) is 23.3 Å². The van der Waals surface area contributed by atoms with Crippen LogP contribution in [0.4, 0.5) is 19.1 Å². The van der Waals surface area contributed by atoms with Gasteiger partial charge in [0.05, 0.1) is 22.7 Å². The van der Waals surface area contributed by atoms with E-state index >= 15 is 0 Å². The first-order valence-electron chi connectivity index (χ1n) is 12.5. The molecule has 1 aromatic heterocycles. The maximum Gasteiger partial charge on any atom is 0.416 e. The molecule has 40 heavy (non-hydrogen) atoms. The van der Waals surface area contributed by atoms with Gasteiger partial charge in [-0.1, -0.05) is 61.9 Å². The van der Waals surface area contributed by atoms with Crippen LogP contribution >= 0.6 is 0 Å². The van der Waals surface area contributed by atoms with Crippen molar-refractivity contribution < 1.29 is 26.4 Å². The van der Waals surface area contributed by atoms with E-state index in [1.165, 1.54) is 28.8 Å². The monoisotopic (exact) mass is 570 g/mol. The fraction of sp³-hybridized carbons (Fsp3) is 0.241. The van der Waals surface area contributed by atoms with Gasteiger partial charge in [-0.2, -0.15) is 17.5 Å². The Hall–Kier alpha value is -3.96. The second-order valence-electron chi connectivity index (χ2n) is 9.78. The van der Waals surface area contributed by atoms with Crippen molar-refractivity contribution in [1.82, 2.24) is 13.9 Å². The molecule has 4 aromatic rings. The van der Waals surface area contributed by atoms with E-state index < -0.39 is 34.2 Å². The molecular formula is C29H29F3N4O3S. The van der Waals surface area contributed by atoms with E-state index in [1.807, 2.05) is 51.1 Å². The lowest BCUT2D eigenvalue weighted by molar-refractivity contribution is -0.137. The Labute approximate surface area is 231 Å². The van der Waals surface area contributed by atoms with Gasteiger partial charge in [0.25, 0.3) is 0 Å². The van der Waals surface area contributed by atoms with Crippen molar-refractivity contribution in [2.45, 2.75) is 31.8 Å². The second-order valence-corrected chi connectivity index (χ2v) is 11.7. The van der Waals surface area contributed by atoms with Crippen molar-refractivity contribution in [2.24, 2.45) is 5.92 Å². The molecule has 0 aliphatic carbocycles. The zero-order valence-electron chi connectivity index (χ0n) is 22.2. The van der Waals surface area contributed by atoms with E-state index in [0.29, 0.717) is 11.4 Å². The Bertz CT molecular complexity index is 1570. The van der Waals surface area contributed by atoms with Crippen LogP contribution in [-0.2, 0) is 21.0 Å². The number of amides is 1. The average molecular weight is 571 g/mol. The molecule has 0 fully saturated rings. The highest BCUT2D eigenvalue weighted by Gasteiger charge is 2.31. The number of carbonyl (C=O) groups excluding carboxylic acids is 1. The minimum Gasteiger partial charge on any atom is -0.294 e. The van der Waals surface area contributed by atoms with Gasteiger partial charge in [-0.25, -0.2) is 13.4 Å². The van der Waals surface area contributed by atoms with E-state index in [1.54, 1.807) is 18.3 Å². The van der Waals surface area contributed by atoms with Crippen LogP contribution in [0.15, 0.2) is 90.0 Å². The fourth-order valence-electron chi connectivity index (χ4n) is 4.06. The van der Waals surface area contributed by atoms with Crippen molar-refractivity contribution in [3.05, 3.63) is 96.2 Å². The number of benzene rings is 3. The number of imidazole rings is 1. The molecule has 0 spiro atoms. The van der Waals surface area contributed by atoms with Crippen LogP contribution in [0.2, 0.25) is 0 Å². The number of hydrogen-bond donors (Lipinski definition) is 1. The molecule has 210 valence electrons. The smallest absolute Gasteiger partial charge is 0.294 e. The number of hydrogen-bond acceptors (Lipinski definition) is 4. The molecule has 4 rings (SSSR count). The zero-order chi connectivity index (χ0) is 29.1. The number of sulfonamides is 1. The van der Waals surface area contributed by atoms with E-state index in [0.717, 1.165) is 27.6 Å². The number of aromatic nitrogens is 2. The molecule has 0 aliphatic rings. The summed E-state index contributed by atoms with van der Waals surface area (Å²) in [5.74, 6) is -0.664. The molecule has 0 atom stereocenters. The first kappa shape index (κ1) is 29.0. The number of carbonyl (C=O) groups is 1. The first-order chi connectivity index (χ1) is 18.8. The summed E-state index contributed by atoms with van der Waals surface area (Å²) in [6.07, 6.45) is -2.90. The molecule has 0 saturated heterocycles. The highest BCUT2D eigenvalue weighted by molar-refractivity contribution is 7.89. The molecule has 0 saturated carbocycles. The van der Waals surface area contributed by atoms with Gasteiger partial charge in [-0.15, -0.1) is 0 Å². The van der Waals surface area contributed by atoms with E-state index in [4.69, 9.17) is 0 Å². The molecule has 0 aliphatic heterocycles. The third-order valence-electron chi connectivity index (χ3n) is 6.05. The number of alkyl halides is 3. The Morgan fingerprint density at radius 1 is 0.975 bits per heavy atom. The first-order valence-corrected chi connectivity index (χ1v) is 14.0. The number of anilines is 1. The maximum atomic E-state index is 13.4. The third kappa shape index (κ3) is 6.78. The average Bonchev–Trinajstić information content (AvgIpc) is 3.32. The van der Waals surface area contributed by atoms with Crippen LogP contribution in [0, 0.1) is 12.8 Å². The topological polar surface area (TPSA) is 84.3 Å². The van der Waals surface area contributed by atoms with Crippen molar-refractivity contribution in [3.63, 3.8) is 0 Å². The zero-order valence-corrected chi connectivity index (χ0v) is 23.0. The molecule has 1 amide bonds. The number of aryl methyl sites for hydroxylation is 1. The Morgan fingerprint density at radius 2 is 1.60 bits per heavy atom. The summed E-state index contributed by atoms with van der Waals surface area (Å²) in [5, 5.41) is 2.67. The lowest BCUT2D eigenvalue weighted by Crippen LogP contribution is -2.40. The summed E-state index contributed by atoms with van der Waals surface area (Å²) < 4.78 is 68.7. The molecule has 11 heteroatoms. The van der Waals surface area contributed by atoms with Crippen LogP contribution in [0.1, 0.15) is 25.0 Å². The number of nitrogens with one attached hydrogen (secondary N) is 1. The summed E-state index contributed by atoms with van der Waals surface area (Å²) in [6, 6.07) is 19.9. The molecule has 3 aromatic carbocycles. The predicted molar refractivity (Wildman–Crippen MR) is 147 cm³/mol. The van der Waals surface area contributed by atoms with E-state index in [2.05, 4.69) is 10.3 Å². The quantitative estimate of drug-likeness (QED) is 0.262. The van der Waals surface area contributed by atoms with Crippen LogP contribution in [0.3, 0.4) is 0 Å². The van der Waals surface area contributed by atoms with Crippen molar-refractivity contribution in [2.75, 3.05) is 18.4 Å². The Morgan fingerprint density at radius 3 is 2.17 bits per heavy atom. The van der Waals surface area contributed by atoms with Gasteiger partial charge in [-0.3, -0.25) is 14.7 Å². The summed E-state index contributed by atoms with van der Waals surface area (Å²) >= 11 is 0. The van der Waals surface area contributed by atoms with Gasteiger partial charge in [0, 0.05) is 24.0 Å². The van der Waals surface area contributed by atoms with Gasteiger partial charge < -0.3 is 0 Å². The molecule has 0 unspecified atom stereocenters. The summed E-state index contributed by atoms with van der Waals surface area (Å²) in [6.45, 7) is 5.16. The van der Waals surface area contributed by atoms with Gasteiger partial charge in [-0.05, 0) is 49.2 Å². The number of rotatable bonds is 9. The van der Waals surface area contributed by atoms with Gasteiger partial charge in [0.2, 0.25) is 21.9 Å². The van der Waals surface area contributed by atoms with Crippen molar-refractivity contribution in [3.8, 4) is 16.9 Å². The highest BCUT2D eigenvalue weighted by Crippen LogP contribution is 2.31. The molecular weight excluding hydrogens is 541 g/mol. The molecule has 1 heterocycles. The van der Waals surface area contributed by atoms with E-state index in [9.17, 15) is 26.4 Å². The maximum absolute atomic E-state index is 13.4. The van der Waals surface area contributed by atoms with Crippen molar-refractivity contribution >= 4 is 21.9 Å². The molecule has 0 radical (unpaired) electrons.